The second kappa shape index (κ2) is 9.98. The number of aromatic nitrogens is 2. The van der Waals surface area contributed by atoms with E-state index in [-0.39, 0.29) is 17.9 Å². The summed E-state index contributed by atoms with van der Waals surface area (Å²) in [7, 11) is 0. The van der Waals surface area contributed by atoms with E-state index in [2.05, 4.69) is 15.3 Å². The average Bonchev–Trinajstić information content (AvgIpc) is 2.81. The summed E-state index contributed by atoms with van der Waals surface area (Å²) < 4.78 is 5.44. The lowest BCUT2D eigenvalue weighted by Crippen LogP contribution is -2.46. The molecule has 1 N–H and O–H groups in total. The number of carbonyl (C=O) groups excluding carboxylic acids is 2. The number of benzene rings is 2. The molecule has 1 aromatic heterocycles. The molecule has 4 rings (SSSR count). The van der Waals surface area contributed by atoms with Crippen molar-refractivity contribution in [3.05, 3.63) is 65.0 Å². The second-order valence-electron chi connectivity index (χ2n) is 8.49. The fraction of sp³-hybridized carbons (Fsp3) is 0.385. The molecule has 1 aliphatic heterocycles. The predicted molar refractivity (Wildman–Crippen MR) is 127 cm³/mol. The van der Waals surface area contributed by atoms with E-state index in [4.69, 9.17) is 4.74 Å². The summed E-state index contributed by atoms with van der Waals surface area (Å²) in [5.74, 6) is 0.807. The summed E-state index contributed by atoms with van der Waals surface area (Å²) in [6.07, 6.45) is 1.82. The molecular formula is C26H30N4O3. The standard InChI is InChI=1S/C26H30N4O3/c1-4-33-22-8-5-19(6-9-22)15-25(31)29-21-11-13-30(14-12-21)26(32)20-7-10-23-24(16-20)28-18(3)17(2)27-23/h5-10,16,21H,4,11-15H2,1-3H3,(H,29,31). The molecule has 0 bridgehead atoms. The first-order valence-electron chi connectivity index (χ1n) is 11.5. The first-order chi connectivity index (χ1) is 15.9. The average molecular weight is 447 g/mol. The third kappa shape index (κ3) is 5.48. The number of aryl methyl sites for hydroxylation is 2. The highest BCUT2D eigenvalue weighted by atomic mass is 16.5. The Kier molecular flexibility index (Phi) is 6.87. The summed E-state index contributed by atoms with van der Waals surface area (Å²) in [5.41, 5.74) is 4.87. The molecule has 172 valence electrons. The van der Waals surface area contributed by atoms with Crippen molar-refractivity contribution in [2.45, 2.75) is 46.1 Å². The lowest BCUT2D eigenvalue weighted by Gasteiger charge is -2.32. The van der Waals surface area contributed by atoms with E-state index < -0.39 is 0 Å². The number of ether oxygens (including phenoxy) is 1. The van der Waals surface area contributed by atoms with Crippen molar-refractivity contribution in [2.24, 2.45) is 0 Å². The SMILES string of the molecule is CCOc1ccc(CC(=O)NC2CCN(C(=O)c3ccc4nc(C)c(C)nc4c3)CC2)cc1. The van der Waals surface area contributed by atoms with E-state index in [1.165, 1.54) is 0 Å². The van der Waals surface area contributed by atoms with Crippen molar-refractivity contribution < 1.29 is 14.3 Å². The molecule has 0 atom stereocenters. The van der Waals surface area contributed by atoms with Crippen LogP contribution in [-0.2, 0) is 11.2 Å². The van der Waals surface area contributed by atoms with Gasteiger partial charge in [-0.2, -0.15) is 0 Å². The lowest BCUT2D eigenvalue weighted by molar-refractivity contribution is -0.121. The number of nitrogens with one attached hydrogen (secondary N) is 1. The Bertz CT molecular complexity index is 1150. The molecule has 2 aromatic carbocycles. The van der Waals surface area contributed by atoms with Gasteiger partial charge in [-0.1, -0.05) is 12.1 Å². The molecule has 0 aliphatic carbocycles. The van der Waals surface area contributed by atoms with Crippen LogP contribution >= 0.6 is 0 Å². The Morgan fingerprint density at radius 2 is 1.67 bits per heavy atom. The van der Waals surface area contributed by atoms with Gasteiger partial charge in [-0.25, -0.2) is 9.97 Å². The molecule has 0 saturated carbocycles. The molecule has 7 heteroatoms. The smallest absolute Gasteiger partial charge is 0.253 e. The van der Waals surface area contributed by atoms with E-state index >= 15 is 0 Å². The molecule has 1 saturated heterocycles. The summed E-state index contributed by atoms with van der Waals surface area (Å²) in [5, 5.41) is 3.12. The van der Waals surface area contributed by atoms with Crippen molar-refractivity contribution in [3.8, 4) is 5.75 Å². The number of likely N-dealkylation sites (tertiary alicyclic amines) is 1. The van der Waals surface area contributed by atoms with E-state index in [9.17, 15) is 9.59 Å². The maximum Gasteiger partial charge on any atom is 0.253 e. The first kappa shape index (κ1) is 22.7. The number of carbonyl (C=O) groups is 2. The zero-order valence-electron chi connectivity index (χ0n) is 19.4. The lowest BCUT2D eigenvalue weighted by atomic mass is 10.0. The molecule has 33 heavy (non-hydrogen) atoms. The Balaban J connectivity index is 1.30. The zero-order chi connectivity index (χ0) is 23.4. The predicted octanol–water partition coefficient (Wildman–Crippen LogP) is 3.61. The molecule has 0 radical (unpaired) electrons. The molecule has 0 unspecified atom stereocenters. The maximum atomic E-state index is 13.0. The van der Waals surface area contributed by atoms with E-state index in [1.807, 2.05) is 68.1 Å². The number of piperidine rings is 1. The number of hydrogen-bond donors (Lipinski definition) is 1. The molecule has 1 fully saturated rings. The summed E-state index contributed by atoms with van der Waals surface area (Å²) in [6, 6.07) is 13.2. The number of nitrogens with zero attached hydrogens (tertiary/aromatic N) is 3. The van der Waals surface area contributed by atoms with Gasteiger partial charge in [-0.15, -0.1) is 0 Å². The van der Waals surface area contributed by atoms with Crippen molar-refractivity contribution in [3.63, 3.8) is 0 Å². The van der Waals surface area contributed by atoms with Gasteiger partial charge in [0, 0.05) is 24.7 Å². The highest BCUT2D eigenvalue weighted by Gasteiger charge is 2.25. The van der Waals surface area contributed by atoms with E-state index in [0.717, 1.165) is 46.6 Å². The third-order valence-electron chi connectivity index (χ3n) is 6.07. The quantitative estimate of drug-likeness (QED) is 0.625. The van der Waals surface area contributed by atoms with Crippen LogP contribution in [0.2, 0.25) is 0 Å². The first-order valence-corrected chi connectivity index (χ1v) is 11.5. The van der Waals surface area contributed by atoms with Gasteiger partial charge >= 0.3 is 0 Å². The molecule has 7 nitrogen and oxygen atoms in total. The van der Waals surface area contributed by atoms with Crippen LogP contribution in [-0.4, -0.2) is 52.4 Å². The van der Waals surface area contributed by atoms with Crippen LogP contribution in [0.3, 0.4) is 0 Å². The minimum atomic E-state index is -0.00362. The van der Waals surface area contributed by atoms with Gasteiger partial charge in [0.15, 0.2) is 0 Å². The van der Waals surface area contributed by atoms with E-state index in [0.29, 0.717) is 31.7 Å². The van der Waals surface area contributed by atoms with Crippen molar-refractivity contribution in [1.82, 2.24) is 20.2 Å². The number of amides is 2. The minimum Gasteiger partial charge on any atom is -0.494 e. The zero-order valence-corrected chi connectivity index (χ0v) is 19.4. The van der Waals surface area contributed by atoms with Crippen LogP contribution < -0.4 is 10.1 Å². The topological polar surface area (TPSA) is 84.4 Å². The molecular weight excluding hydrogens is 416 g/mol. The Hall–Kier alpha value is -3.48. The van der Waals surface area contributed by atoms with Crippen LogP contribution in [0.4, 0.5) is 0 Å². The molecule has 2 amide bonds. The van der Waals surface area contributed by atoms with Gasteiger partial charge in [0.05, 0.1) is 35.4 Å². The molecule has 1 aliphatic rings. The van der Waals surface area contributed by atoms with Crippen LogP contribution in [0.1, 0.15) is 47.1 Å². The largest absolute Gasteiger partial charge is 0.494 e. The van der Waals surface area contributed by atoms with Gasteiger partial charge in [0.25, 0.3) is 5.91 Å². The van der Waals surface area contributed by atoms with Crippen LogP contribution in [0.5, 0.6) is 5.75 Å². The fourth-order valence-corrected chi connectivity index (χ4v) is 4.11. The van der Waals surface area contributed by atoms with E-state index in [1.54, 1.807) is 0 Å². The third-order valence-corrected chi connectivity index (χ3v) is 6.07. The monoisotopic (exact) mass is 446 g/mol. The summed E-state index contributed by atoms with van der Waals surface area (Å²) >= 11 is 0. The van der Waals surface area contributed by atoms with Gasteiger partial charge < -0.3 is 15.0 Å². The fourth-order valence-electron chi connectivity index (χ4n) is 4.11. The van der Waals surface area contributed by atoms with Gasteiger partial charge in [-0.3, -0.25) is 9.59 Å². The van der Waals surface area contributed by atoms with Crippen LogP contribution in [0.15, 0.2) is 42.5 Å². The minimum absolute atomic E-state index is 0.00250. The highest BCUT2D eigenvalue weighted by Crippen LogP contribution is 2.19. The molecule has 3 aromatic rings. The Morgan fingerprint density at radius 3 is 2.33 bits per heavy atom. The van der Waals surface area contributed by atoms with Gasteiger partial charge in [0.1, 0.15) is 5.75 Å². The van der Waals surface area contributed by atoms with Gasteiger partial charge in [-0.05, 0) is 69.5 Å². The number of fused-ring (bicyclic) bond motifs is 1. The number of rotatable bonds is 6. The molecule has 2 heterocycles. The van der Waals surface area contributed by atoms with Crippen molar-refractivity contribution >= 4 is 22.8 Å². The molecule has 0 spiro atoms. The van der Waals surface area contributed by atoms with Gasteiger partial charge in [0.2, 0.25) is 5.91 Å². The van der Waals surface area contributed by atoms with Crippen molar-refractivity contribution in [2.75, 3.05) is 19.7 Å². The Morgan fingerprint density at radius 1 is 1.00 bits per heavy atom. The maximum absolute atomic E-state index is 13.0. The Labute approximate surface area is 194 Å². The highest BCUT2D eigenvalue weighted by molar-refractivity contribution is 5.97. The number of hydrogen-bond acceptors (Lipinski definition) is 5. The summed E-state index contributed by atoms with van der Waals surface area (Å²) in [4.78, 5) is 36.4. The van der Waals surface area contributed by atoms with Crippen molar-refractivity contribution in [1.29, 1.82) is 0 Å². The second-order valence-corrected chi connectivity index (χ2v) is 8.49. The summed E-state index contributed by atoms with van der Waals surface area (Å²) in [6.45, 7) is 7.65. The van der Waals surface area contributed by atoms with Crippen LogP contribution in [0.25, 0.3) is 11.0 Å². The normalized spacial score (nSPS) is 14.3. The van der Waals surface area contributed by atoms with Crippen LogP contribution in [0, 0.1) is 13.8 Å².